The number of halogens is 1. The number of nitrogens with two attached hydrogens (primary N) is 2. The second-order valence-electron chi connectivity index (χ2n) is 5.83. The van der Waals surface area contributed by atoms with E-state index in [1.54, 1.807) is 0 Å². The van der Waals surface area contributed by atoms with Gasteiger partial charge in [0.2, 0.25) is 0 Å². The highest BCUT2D eigenvalue weighted by Gasteiger charge is 2.26. The molecule has 4 N–H and O–H groups in total. The minimum absolute atomic E-state index is 0.135. The van der Waals surface area contributed by atoms with E-state index in [1.165, 1.54) is 6.34 Å². The number of rotatable bonds is 4. The summed E-state index contributed by atoms with van der Waals surface area (Å²) >= 11 is 5.81. The zero-order valence-corrected chi connectivity index (χ0v) is 12.2. The Bertz CT molecular complexity index is 353. The molecule has 0 aliphatic heterocycles. The van der Waals surface area contributed by atoms with E-state index in [-0.39, 0.29) is 17.5 Å². The van der Waals surface area contributed by atoms with Crippen LogP contribution in [0.1, 0.15) is 27.2 Å². The van der Waals surface area contributed by atoms with Crippen LogP contribution in [0.15, 0.2) is 28.8 Å². The zero-order chi connectivity index (χ0) is 13.8. The third-order valence-electron chi connectivity index (χ3n) is 3.41. The molecule has 0 fully saturated rings. The summed E-state index contributed by atoms with van der Waals surface area (Å²) in [6, 6.07) is -0.335. The van der Waals surface area contributed by atoms with Gasteiger partial charge in [0.15, 0.2) is 0 Å². The molecular formula is C14H24ClN3. The normalized spacial score (nSPS) is 24.1. The minimum Gasteiger partial charge on any atom is -0.390 e. The van der Waals surface area contributed by atoms with Gasteiger partial charge >= 0.3 is 0 Å². The van der Waals surface area contributed by atoms with Crippen molar-refractivity contribution in [1.29, 1.82) is 0 Å². The van der Waals surface area contributed by atoms with E-state index in [9.17, 15) is 0 Å². The summed E-state index contributed by atoms with van der Waals surface area (Å²) in [6.45, 7) is 6.75. The number of aliphatic imine (C=N–C) groups is 1. The van der Waals surface area contributed by atoms with Gasteiger partial charge in [0.1, 0.15) is 0 Å². The number of nitrogens with zero attached hydrogens (tertiary/aromatic N) is 1. The molecule has 0 amide bonds. The van der Waals surface area contributed by atoms with E-state index in [1.807, 2.05) is 0 Å². The summed E-state index contributed by atoms with van der Waals surface area (Å²) in [4.78, 5) is 4.23. The predicted octanol–water partition coefficient (Wildman–Crippen LogP) is 2.46. The third kappa shape index (κ3) is 3.85. The maximum absolute atomic E-state index is 5.98. The summed E-state index contributed by atoms with van der Waals surface area (Å²) in [5.41, 5.74) is 12.8. The minimum atomic E-state index is -0.200. The standard InChI is InChI=1S/C14H24ClN3/c1-14(2,3)11-6-4-10(5-7-11)13(18-9-16)12(17)8-15/h4-6,9,11-13H,7-8,17H2,1-3H3,(H2,16,18). The maximum Gasteiger partial charge on any atom is 0.0925 e. The Morgan fingerprint density at radius 3 is 2.61 bits per heavy atom. The van der Waals surface area contributed by atoms with Crippen molar-refractivity contribution in [1.82, 2.24) is 0 Å². The van der Waals surface area contributed by atoms with E-state index in [0.717, 1.165) is 12.0 Å². The van der Waals surface area contributed by atoms with Crippen LogP contribution in [0.5, 0.6) is 0 Å². The highest BCUT2D eigenvalue weighted by molar-refractivity contribution is 6.18. The van der Waals surface area contributed by atoms with E-state index < -0.39 is 0 Å². The molecule has 0 bridgehead atoms. The van der Waals surface area contributed by atoms with Crippen LogP contribution in [0.4, 0.5) is 0 Å². The van der Waals surface area contributed by atoms with Crippen LogP contribution >= 0.6 is 11.6 Å². The van der Waals surface area contributed by atoms with Crippen molar-refractivity contribution >= 4 is 17.9 Å². The lowest BCUT2D eigenvalue weighted by molar-refractivity contribution is 0.292. The summed E-state index contributed by atoms with van der Waals surface area (Å²) in [6.07, 6.45) is 8.89. The van der Waals surface area contributed by atoms with Crippen LogP contribution in [0.3, 0.4) is 0 Å². The molecule has 0 aromatic heterocycles. The van der Waals surface area contributed by atoms with Gasteiger partial charge < -0.3 is 11.5 Å². The number of hydrogen-bond acceptors (Lipinski definition) is 2. The Hall–Kier alpha value is -0.800. The maximum atomic E-state index is 5.98. The first kappa shape index (κ1) is 15.3. The fraction of sp³-hybridized carbons (Fsp3) is 0.643. The fourth-order valence-electron chi connectivity index (χ4n) is 2.12. The van der Waals surface area contributed by atoms with Crippen molar-refractivity contribution in [3.8, 4) is 0 Å². The van der Waals surface area contributed by atoms with Crippen molar-refractivity contribution < 1.29 is 0 Å². The van der Waals surface area contributed by atoms with Crippen molar-refractivity contribution in [3.63, 3.8) is 0 Å². The largest absolute Gasteiger partial charge is 0.390 e. The first-order valence-corrected chi connectivity index (χ1v) is 6.86. The van der Waals surface area contributed by atoms with Gasteiger partial charge in [-0.05, 0) is 23.3 Å². The van der Waals surface area contributed by atoms with Crippen LogP contribution in [0.2, 0.25) is 0 Å². The Kier molecular flexibility index (Phi) is 5.42. The molecule has 1 aliphatic carbocycles. The van der Waals surface area contributed by atoms with Crippen LogP contribution in [-0.2, 0) is 0 Å². The summed E-state index contributed by atoms with van der Waals surface area (Å²) < 4.78 is 0. The van der Waals surface area contributed by atoms with Gasteiger partial charge in [-0.15, -0.1) is 11.6 Å². The highest BCUT2D eigenvalue weighted by Crippen LogP contribution is 2.34. The van der Waals surface area contributed by atoms with Gasteiger partial charge in [0.25, 0.3) is 0 Å². The fourth-order valence-corrected chi connectivity index (χ4v) is 2.29. The smallest absolute Gasteiger partial charge is 0.0925 e. The highest BCUT2D eigenvalue weighted by atomic mass is 35.5. The van der Waals surface area contributed by atoms with Gasteiger partial charge in [0.05, 0.1) is 12.4 Å². The molecule has 0 spiro atoms. The second kappa shape index (κ2) is 6.39. The lowest BCUT2D eigenvalue weighted by Gasteiger charge is -2.31. The number of allylic oxidation sites excluding steroid dienone is 2. The molecule has 1 rings (SSSR count). The molecular weight excluding hydrogens is 246 g/mol. The van der Waals surface area contributed by atoms with Crippen molar-refractivity contribution in [2.45, 2.75) is 39.3 Å². The Balaban J connectivity index is 2.80. The van der Waals surface area contributed by atoms with Crippen LogP contribution in [-0.4, -0.2) is 24.3 Å². The van der Waals surface area contributed by atoms with Gasteiger partial charge in [0, 0.05) is 11.9 Å². The van der Waals surface area contributed by atoms with Crippen LogP contribution < -0.4 is 11.5 Å². The molecule has 0 aromatic carbocycles. The Morgan fingerprint density at radius 2 is 2.22 bits per heavy atom. The van der Waals surface area contributed by atoms with Gasteiger partial charge in [-0.3, -0.25) is 4.99 Å². The van der Waals surface area contributed by atoms with E-state index >= 15 is 0 Å². The Labute approximate surface area is 115 Å². The molecule has 18 heavy (non-hydrogen) atoms. The van der Waals surface area contributed by atoms with Crippen molar-refractivity contribution in [2.75, 3.05) is 5.88 Å². The molecule has 102 valence electrons. The lowest BCUT2D eigenvalue weighted by atomic mass is 9.75. The molecule has 0 radical (unpaired) electrons. The van der Waals surface area contributed by atoms with Crippen molar-refractivity contribution in [2.24, 2.45) is 27.8 Å². The van der Waals surface area contributed by atoms with E-state index in [2.05, 4.69) is 44.0 Å². The SMILES string of the molecule is CC(C)(C)C1C=CC(C(N=CN)C(N)CCl)=CC1. The molecule has 0 saturated carbocycles. The molecule has 3 nitrogen and oxygen atoms in total. The topological polar surface area (TPSA) is 64.4 Å². The average Bonchev–Trinajstić information content (AvgIpc) is 2.34. The summed E-state index contributed by atoms with van der Waals surface area (Å²) in [7, 11) is 0. The first-order chi connectivity index (χ1) is 8.40. The quantitative estimate of drug-likeness (QED) is 0.468. The monoisotopic (exact) mass is 269 g/mol. The Morgan fingerprint density at radius 1 is 1.56 bits per heavy atom. The van der Waals surface area contributed by atoms with Crippen LogP contribution in [0.25, 0.3) is 0 Å². The first-order valence-electron chi connectivity index (χ1n) is 6.33. The van der Waals surface area contributed by atoms with E-state index in [4.69, 9.17) is 23.1 Å². The molecule has 0 aromatic rings. The zero-order valence-electron chi connectivity index (χ0n) is 11.4. The summed E-state index contributed by atoms with van der Waals surface area (Å²) in [5, 5.41) is 0. The van der Waals surface area contributed by atoms with Gasteiger partial charge in [-0.2, -0.15) is 0 Å². The van der Waals surface area contributed by atoms with Crippen molar-refractivity contribution in [3.05, 3.63) is 23.8 Å². The number of alkyl halides is 1. The molecule has 0 saturated heterocycles. The molecule has 3 atom stereocenters. The average molecular weight is 270 g/mol. The molecule has 1 aliphatic rings. The molecule has 3 unspecified atom stereocenters. The molecule has 4 heteroatoms. The predicted molar refractivity (Wildman–Crippen MR) is 79.9 cm³/mol. The van der Waals surface area contributed by atoms with Gasteiger partial charge in [-0.1, -0.05) is 39.0 Å². The third-order valence-corrected chi connectivity index (χ3v) is 3.77. The van der Waals surface area contributed by atoms with Crippen LogP contribution in [0, 0.1) is 11.3 Å². The number of hydrogen-bond donors (Lipinski definition) is 2. The summed E-state index contributed by atoms with van der Waals surface area (Å²) in [5.74, 6) is 0.923. The second-order valence-corrected chi connectivity index (χ2v) is 6.14. The van der Waals surface area contributed by atoms with Gasteiger partial charge in [-0.25, -0.2) is 0 Å². The lowest BCUT2D eigenvalue weighted by Crippen LogP contribution is -2.37. The van der Waals surface area contributed by atoms with E-state index in [0.29, 0.717) is 11.8 Å². The molecule has 0 heterocycles.